The number of carbonyl (C=O) groups is 2. The van der Waals surface area contributed by atoms with Crippen molar-refractivity contribution in [1.29, 1.82) is 0 Å². The summed E-state index contributed by atoms with van der Waals surface area (Å²) in [6.07, 6.45) is -0.604. The van der Waals surface area contributed by atoms with Crippen molar-refractivity contribution in [2.24, 2.45) is 4.99 Å². The molecule has 27 heavy (non-hydrogen) atoms. The molecule has 3 amide bonds. The van der Waals surface area contributed by atoms with Crippen LogP contribution in [0.5, 0.6) is 0 Å². The number of guanidine groups is 1. The van der Waals surface area contributed by atoms with Gasteiger partial charge in [-0.3, -0.25) is 10.1 Å². The Balaban J connectivity index is 1.68. The third kappa shape index (κ3) is 3.12. The summed E-state index contributed by atoms with van der Waals surface area (Å²) in [7, 11) is 3.68. The number of likely N-dealkylation sites (N-methyl/N-ethyl adjacent to an activating group) is 2. The standard InChI is InChI=1S/C18H23FN6O2/c1-22-7-9-24(10-8-22)17-20-15-14(16(26)21-18(27)23(15)2)25(17)11-12-5-3-4-6-13(12)19/h3-6,14-15H,7-11H2,1-2H3,(H,21,26,27). The van der Waals surface area contributed by atoms with Gasteiger partial charge in [-0.05, 0) is 13.1 Å². The first-order chi connectivity index (χ1) is 13.0. The predicted octanol–water partition coefficient (Wildman–Crippen LogP) is 0.121. The number of nitrogens with one attached hydrogen (secondary N) is 1. The van der Waals surface area contributed by atoms with E-state index in [9.17, 15) is 14.0 Å². The van der Waals surface area contributed by atoms with Crippen molar-refractivity contribution in [1.82, 2.24) is 24.9 Å². The number of nitrogens with zero attached hydrogens (tertiary/aromatic N) is 5. The number of amides is 3. The average molecular weight is 374 g/mol. The molecule has 2 saturated heterocycles. The molecule has 1 aromatic rings. The van der Waals surface area contributed by atoms with E-state index in [1.807, 2.05) is 4.90 Å². The second-order valence-corrected chi connectivity index (χ2v) is 7.20. The Morgan fingerprint density at radius 3 is 2.56 bits per heavy atom. The van der Waals surface area contributed by atoms with Crippen LogP contribution in [-0.2, 0) is 11.3 Å². The Labute approximate surface area is 157 Å². The summed E-state index contributed by atoms with van der Waals surface area (Å²) in [6.45, 7) is 3.50. The first-order valence-corrected chi connectivity index (χ1v) is 9.04. The van der Waals surface area contributed by atoms with Crippen LogP contribution in [-0.4, -0.2) is 90.0 Å². The topological polar surface area (TPSA) is 71.5 Å². The maximum Gasteiger partial charge on any atom is 0.325 e. The number of hydrogen-bond donors (Lipinski definition) is 1. The Morgan fingerprint density at radius 1 is 1.15 bits per heavy atom. The highest BCUT2D eigenvalue weighted by molar-refractivity contribution is 6.03. The first kappa shape index (κ1) is 17.7. The molecule has 0 aliphatic carbocycles. The van der Waals surface area contributed by atoms with E-state index in [4.69, 9.17) is 4.99 Å². The molecule has 0 saturated carbocycles. The van der Waals surface area contributed by atoms with Gasteiger partial charge in [0.2, 0.25) is 0 Å². The van der Waals surface area contributed by atoms with E-state index >= 15 is 0 Å². The number of imide groups is 1. The molecular formula is C18H23FN6O2. The molecular weight excluding hydrogens is 351 g/mol. The Bertz CT molecular complexity index is 792. The molecule has 1 aromatic carbocycles. The first-order valence-electron chi connectivity index (χ1n) is 9.04. The van der Waals surface area contributed by atoms with Crippen LogP contribution in [0.2, 0.25) is 0 Å². The molecule has 3 heterocycles. The predicted molar refractivity (Wildman–Crippen MR) is 97.3 cm³/mol. The van der Waals surface area contributed by atoms with Gasteiger partial charge in [0.25, 0.3) is 5.91 Å². The smallest absolute Gasteiger partial charge is 0.325 e. The molecule has 0 bridgehead atoms. The number of fused-ring (bicyclic) bond motifs is 1. The lowest BCUT2D eigenvalue weighted by Gasteiger charge is -2.39. The monoisotopic (exact) mass is 374 g/mol. The summed E-state index contributed by atoms with van der Waals surface area (Å²) in [6, 6.07) is 5.40. The van der Waals surface area contributed by atoms with Gasteiger partial charge in [-0.25, -0.2) is 14.2 Å². The molecule has 0 radical (unpaired) electrons. The summed E-state index contributed by atoms with van der Waals surface area (Å²) in [4.78, 5) is 36.9. The van der Waals surface area contributed by atoms with E-state index in [1.165, 1.54) is 11.0 Å². The average Bonchev–Trinajstić information content (AvgIpc) is 3.02. The van der Waals surface area contributed by atoms with Crippen LogP contribution in [0.3, 0.4) is 0 Å². The van der Waals surface area contributed by atoms with Gasteiger partial charge in [0.1, 0.15) is 5.82 Å². The molecule has 144 valence electrons. The van der Waals surface area contributed by atoms with Crippen LogP contribution in [0.4, 0.5) is 9.18 Å². The third-order valence-electron chi connectivity index (χ3n) is 5.42. The second-order valence-electron chi connectivity index (χ2n) is 7.20. The summed E-state index contributed by atoms with van der Waals surface area (Å²) in [5.74, 6) is -0.0651. The summed E-state index contributed by atoms with van der Waals surface area (Å²) < 4.78 is 14.3. The molecule has 3 aliphatic heterocycles. The maximum absolute atomic E-state index is 14.3. The van der Waals surface area contributed by atoms with Gasteiger partial charge in [0.15, 0.2) is 18.2 Å². The van der Waals surface area contributed by atoms with Crippen molar-refractivity contribution >= 4 is 17.9 Å². The Morgan fingerprint density at radius 2 is 1.85 bits per heavy atom. The van der Waals surface area contributed by atoms with E-state index in [0.717, 1.165) is 26.2 Å². The van der Waals surface area contributed by atoms with Crippen molar-refractivity contribution in [3.05, 3.63) is 35.6 Å². The Hall–Kier alpha value is -2.68. The molecule has 2 unspecified atom stereocenters. The zero-order valence-corrected chi connectivity index (χ0v) is 15.4. The van der Waals surface area contributed by atoms with Gasteiger partial charge in [-0.15, -0.1) is 0 Å². The van der Waals surface area contributed by atoms with Crippen LogP contribution in [0.25, 0.3) is 0 Å². The molecule has 0 spiro atoms. The van der Waals surface area contributed by atoms with E-state index in [1.54, 1.807) is 25.2 Å². The highest BCUT2D eigenvalue weighted by Crippen LogP contribution is 2.28. The van der Waals surface area contributed by atoms with Crippen LogP contribution in [0, 0.1) is 5.82 Å². The number of hydrogen-bond acceptors (Lipinski definition) is 6. The Kier molecular flexibility index (Phi) is 4.47. The minimum absolute atomic E-state index is 0.217. The highest BCUT2D eigenvalue weighted by atomic mass is 19.1. The summed E-state index contributed by atoms with van der Waals surface area (Å²) in [5, 5.41) is 2.37. The highest BCUT2D eigenvalue weighted by Gasteiger charge is 2.49. The number of rotatable bonds is 2. The third-order valence-corrected chi connectivity index (χ3v) is 5.42. The van der Waals surface area contributed by atoms with Crippen molar-refractivity contribution in [2.75, 3.05) is 40.3 Å². The fourth-order valence-electron chi connectivity index (χ4n) is 3.76. The van der Waals surface area contributed by atoms with E-state index in [0.29, 0.717) is 11.5 Å². The summed E-state index contributed by atoms with van der Waals surface area (Å²) >= 11 is 0. The molecule has 8 nitrogen and oxygen atoms in total. The largest absolute Gasteiger partial charge is 0.340 e. The lowest BCUT2D eigenvalue weighted by Crippen LogP contribution is -2.64. The number of halogens is 1. The number of aliphatic imine (C=N–C) groups is 1. The number of benzene rings is 1. The quantitative estimate of drug-likeness (QED) is 0.796. The minimum Gasteiger partial charge on any atom is -0.340 e. The lowest BCUT2D eigenvalue weighted by molar-refractivity contribution is -0.127. The van der Waals surface area contributed by atoms with Gasteiger partial charge in [-0.1, -0.05) is 18.2 Å². The van der Waals surface area contributed by atoms with Crippen molar-refractivity contribution < 1.29 is 14.0 Å². The van der Waals surface area contributed by atoms with Gasteiger partial charge >= 0.3 is 6.03 Å². The number of piperazine rings is 1. The zero-order chi connectivity index (χ0) is 19.1. The van der Waals surface area contributed by atoms with Crippen LogP contribution >= 0.6 is 0 Å². The molecule has 9 heteroatoms. The van der Waals surface area contributed by atoms with Crippen molar-refractivity contribution in [3.8, 4) is 0 Å². The molecule has 0 aromatic heterocycles. The molecule has 2 atom stereocenters. The van der Waals surface area contributed by atoms with E-state index in [2.05, 4.69) is 22.2 Å². The van der Waals surface area contributed by atoms with Crippen LogP contribution in [0.15, 0.2) is 29.3 Å². The molecule has 2 fully saturated rings. The normalized spacial score (nSPS) is 26.2. The van der Waals surface area contributed by atoms with Gasteiger partial charge in [-0.2, -0.15) is 0 Å². The fourth-order valence-corrected chi connectivity index (χ4v) is 3.76. The maximum atomic E-state index is 14.3. The SMILES string of the molecule is CN1CCN(C2=NC3C(C(=O)NC(=O)N3C)N2Cc2ccccc2F)CC1. The fraction of sp³-hybridized carbons (Fsp3) is 0.500. The lowest BCUT2D eigenvalue weighted by atomic mass is 10.1. The molecule has 3 aliphatic rings. The number of carbonyl (C=O) groups excluding carboxylic acids is 2. The molecule has 4 rings (SSSR count). The van der Waals surface area contributed by atoms with Crippen molar-refractivity contribution in [2.45, 2.75) is 18.8 Å². The molecule has 1 N–H and O–H groups in total. The van der Waals surface area contributed by atoms with Gasteiger partial charge in [0, 0.05) is 45.3 Å². The summed E-state index contributed by atoms with van der Waals surface area (Å²) in [5.41, 5.74) is 0.493. The van der Waals surface area contributed by atoms with Crippen molar-refractivity contribution in [3.63, 3.8) is 0 Å². The van der Waals surface area contributed by atoms with Gasteiger partial charge < -0.3 is 19.6 Å². The van der Waals surface area contributed by atoms with Crippen LogP contribution in [0.1, 0.15) is 5.56 Å². The number of urea groups is 1. The van der Waals surface area contributed by atoms with Crippen LogP contribution < -0.4 is 5.32 Å². The van der Waals surface area contributed by atoms with E-state index < -0.39 is 24.1 Å². The minimum atomic E-state index is -0.665. The van der Waals surface area contributed by atoms with Gasteiger partial charge in [0.05, 0.1) is 0 Å². The second kappa shape index (κ2) is 6.80. The van der Waals surface area contributed by atoms with E-state index in [-0.39, 0.29) is 12.4 Å². The zero-order valence-electron chi connectivity index (χ0n) is 15.4.